The maximum Gasteiger partial charge on any atom is 0.307 e. The van der Waals surface area contributed by atoms with E-state index in [0.29, 0.717) is 0 Å². The summed E-state index contributed by atoms with van der Waals surface area (Å²) in [6.45, 7) is 6.03. The van der Waals surface area contributed by atoms with Crippen molar-refractivity contribution in [2.24, 2.45) is 0 Å². The minimum absolute atomic E-state index is 0.0777. The van der Waals surface area contributed by atoms with Crippen LogP contribution in [0.25, 0.3) is 10.9 Å². The molecule has 1 aromatic carbocycles. The highest BCUT2D eigenvalue weighted by Crippen LogP contribution is 2.26. The fourth-order valence-electron chi connectivity index (χ4n) is 2.07. The van der Waals surface area contributed by atoms with E-state index >= 15 is 0 Å². The van der Waals surface area contributed by atoms with E-state index in [4.69, 9.17) is 5.11 Å². The summed E-state index contributed by atoms with van der Waals surface area (Å²) in [6, 6.07) is 4.04. The highest BCUT2D eigenvalue weighted by Gasteiger charge is 2.13. The Morgan fingerprint density at radius 1 is 1.31 bits per heavy atom. The van der Waals surface area contributed by atoms with Gasteiger partial charge in [-0.25, -0.2) is 0 Å². The summed E-state index contributed by atoms with van der Waals surface area (Å²) in [7, 11) is 0. The molecule has 0 amide bonds. The molecule has 0 saturated heterocycles. The van der Waals surface area contributed by atoms with Crippen LogP contribution in [-0.4, -0.2) is 16.1 Å². The van der Waals surface area contributed by atoms with Gasteiger partial charge in [-0.2, -0.15) is 0 Å². The Balaban J connectivity index is 2.71. The molecule has 0 aliphatic carbocycles. The molecule has 0 unspecified atom stereocenters. The summed E-state index contributed by atoms with van der Waals surface area (Å²) in [5, 5.41) is 9.91. The summed E-state index contributed by atoms with van der Waals surface area (Å²) in [6.07, 6.45) is 0.0777. The number of hydrogen-bond donors (Lipinski definition) is 2. The Hall–Kier alpha value is -1.77. The second-order valence-corrected chi connectivity index (χ2v) is 4.23. The van der Waals surface area contributed by atoms with E-state index in [-0.39, 0.29) is 6.42 Å². The van der Waals surface area contributed by atoms with Crippen LogP contribution in [0.15, 0.2) is 12.1 Å². The van der Waals surface area contributed by atoms with Gasteiger partial charge in [0.1, 0.15) is 0 Å². The summed E-state index contributed by atoms with van der Waals surface area (Å²) in [5.74, 6) is -0.790. The lowest BCUT2D eigenvalue weighted by Crippen LogP contribution is -2.00. The molecule has 0 saturated carbocycles. The SMILES string of the molecule is Cc1ccc2c(CC(=O)O)c(C)[nH]c2c1C. The van der Waals surface area contributed by atoms with Crippen LogP contribution in [0.2, 0.25) is 0 Å². The molecule has 0 bridgehead atoms. The molecule has 0 spiro atoms. The molecule has 2 N–H and O–H groups in total. The van der Waals surface area contributed by atoms with Crippen LogP contribution in [-0.2, 0) is 11.2 Å². The molecule has 0 radical (unpaired) electrons. The number of carboxylic acid groups (broad SMARTS) is 1. The zero-order valence-electron chi connectivity index (χ0n) is 9.72. The standard InChI is InChI=1S/C13H15NO2/c1-7-4-5-10-11(6-12(15)16)9(3)14-13(10)8(7)2/h4-5,14H,6H2,1-3H3,(H,15,16). The smallest absolute Gasteiger partial charge is 0.307 e. The Kier molecular flexibility index (Phi) is 2.46. The number of H-pyrrole nitrogens is 1. The summed E-state index contributed by atoms with van der Waals surface area (Å²) in [4.78, 5) is 14.1. The number of benzene rings is 1. The zero-order chi connectivity index (χ0) is 11.9. The number of aromatic amines is 1. The lowest BCUT2D eigenvalue weighted by molar-refractivity contribution is -0.136. The monoisotopic (exact) mass is 217 g/mol. The van der Waals surface area contributed by atoms with Crippen molar-refractivity contribution in [2.45, 2.75) is 27.2 Å². The average Bonchev–Trinajstić information content (AvgIpc) is 2.51. The molecule has 0 aliphatic heterocycles. The Bertz CT molecular complexity index is 567. The van der Waals surface area contributed by atoms with E-state index in [9.17, 15) is 4.79 Å². The molecule has 2 rings (SSSR count). The van der Waals surface area contributed by atoms with Crippen LogP contribution in [0.4, 0.5) is 0 Å². The van der Waals surface area contributed by atoms with Crippen molar-refractivity contribution in [2.75, 3.05) is 0 Å². The molecule has 3 heteroatoms. The van der Waals surface area contributed by atoms with Gasteiger partial charge in [-0.1, -0.05) is 12.1 Å². The number of rotatable bonds is 2. The quantitative estimate of drug-likeness (QED) is 0.812. The summed E-state index contributed by atoms with van der Waals surface area (Å²) in [5.41, 5.74) is 5.32. The number of fused-ring (bicyclic) bond motifs is 1. The number of aliphatic carboxylic acids is 1. The van der Waals surface area contributed by atoms with Gasteiger partial charge in [0.05, 0.1) is 6.42 Å². The van der Waals surface area contributed by atoms with Crippen LogP contribution in [0, 0.1) is 20.8 Å². The fraction of sp³-hybridized carbons (Fsp3) is 0.308. The van der Waals surface area contributed by atoms with E-state index < -0.39 is 5.97 Å². The lowest BCUT2D eigenvalue weighted by atomic mass is 10.0. The van der Waals surface area contributed by atoms with Crippen molar-refractivity contribution in [3.8, 4) is 0 Å². The Morgan fingerprint density at radius 2 is 2.00 bits per heavy atom. The Morgan fingerprint density at radius 3 is 2.62 bits per heavy atom. The molecule has 0 fully saturated rings. The number of nitrogens with one attached hydrogen (secondary N) is 1. The first-order valence-corrected chi connectivity index (χ1v) is 5.30. The van der Waals surface area contributed by atoms with Crippen LogP contribution >= 0.6 is 0 Å². The van der Waals surface area contributed by atoms with Gasteiger partial charge in [0.15, 0.2) is 0 Å². The molecule has 16 heavy (non-hydrogen) atoms. The predicted octanol–water partition coefficient (Wildman–Crippen LogP) is 2.72. The van der Waals surface area contributed by atoms with Crippen molar-refractivity contribution in [3.63, 3.8) is 0 Å². The van der Waals surface area contributed by atoms with Gasteiger partial charge in [-0.15, -0.1) is 0 Å². The number of aryl methyl sites for hydroxylation is 3. The van der Waals surface area contributed by atoms with Gasteiger partial charge in [0, 0.05) is 16.6 Å². The van der Waals surface area contributed by atoms with E-state index in [2.05, 4.69) is 18.8 Å². The Labute approximate surface area is 94.1 Å². The molecule has 0 aliphatic rings. The highest BCUT2D eigenvalue weighted by molar-refractivity contribution is 5.90. The second kappa shape index (κ2) is 3.67. The molecule has 1 aromatic heterocycles. The highest BCUT2D eigenvalue weighted by atomic mass is 16.4. The van der Waals surface area contributed by atoms with E-state index in [1.165, 1.54) is 11.1 Å². The molecule has 84 valence electrons. The third kappa shape index (κ3) is 1.58. The number of carbonyl (C=O) groups is 1. The molecule has 3 nitrogen and oxygen atoms in total. The minimum atomic E-state index is -0.790. The van der Waals surface area contributed by atoms with Gasteiger partial charge in [-0.3, -0.25) is 4.79 Å². The maximum absolute atomic E-state index is 10.8. The largest absolute Gasteiger partial charge is 0.481 e. The van der Waals surface area contributed by atoms with E-state index in [1.807, 2.05) is 19.1 Å². The first-order valence-electron chi connectivity index (χ1n) is 5.30. The fourth-order valence-corrected chi connectivity index (χ4v) is 2.07. The van der Waals surface area contributed by atoms with Crippen molar-refractivity contribution >= 4 is 16.9 Å². The first kappa shape index (κ1) is 10.7. The predicted molar refractivity (Wildman–Crippen MR) is 63.8 cm³/mol. The van der Waals surface area contributed by atoms with E-state index in [1.54, 1.807) is 0 Å². The van der Waals surface area contributed by atoms with Gasteiger partial charge >= 0.3 is 5.97 Å². The second-order valence-electron chi connectivity index (χ2n) is 4.23. The van der Waals surface area contributed by atoms with Gasteiger partial charge in [0.2, 0.25) is 0 Å². The topological polar surface area (TPSA) is 53.1 Å². The van der Waals surface area contributed by atoms with Crippen molar-refractivity contribution in [1.29, 1.82) is 0 Å². The normalized spacial score (nSPS) is 10.9. The van der Waals surface area contributed by atoms with Crippen LogP contribution in [0.1, 0.15) is 22.4 Å². The van der Waals surface area contributed by atoms with E-state index in [0.717, 1.165) is 22.2 Å². The zero-order valence-corrected chi connectivity index (χ0v) is 9.72. The third-order valence-corrected chi connectivity index (χ3v) is 3.15. The average molecular weight is 217 g/mol. The van der Waals surface area contributed by atoms with Crippen LogP contribution in [0.5, 0.6) is 0 Å². The summed E-state index contributed by atoms with van der Waals surface area (Å²) >= 11 is 0. The minimum Gasteiger partial charge on any atom is -0.481 e. The molecular formula is C13H15NO2. The van der Waals surface area contributed by atoms with Gasteiger partial charge in [0.25, 0.3) is 0 Å². The number of hydrogen-bond acceptors (Lipinski definition) is 1. The first-order chi connectivity index (χ1) is 7.50. The van der Waals surface area contributed by atoms with Crippen molar-refractivity contribution < 1.29 is 9.90 Å². The third-order valence-electron chi connectivity index (χ3n) is 3.15. The number of carboxylic acids is 1. The maximum atomic E-state index is 10.8. The van der Waals surface area contributed by atoms with Crippen molar-refractivity contribution in [3.05, 3.63) is 34.5 Å². The van der Waals surface area contributed by atoms with Gasteiger partial charge in [-0.05, 0) is 37.5 Å². The summed E-state index contributed by atoms with van der Waals surface area (Å²) < 4.78 is 0. The van der Waals surface area contributed by atoms with Gasteiger partial charge < -0.3 is 10.1 Å². The molecular weight excluding hydrogens is 202 g/mol. The van der Waals surface area contributed by atoms with Crippen molar-refractivity contribution in [1.82, 2.24) is 4.98 Å². The number of aromatic nitrogens is 1. The van der Waals surface area contributed by atoms with Crippen LogP contribution < -0.4 is 0 Å². The molecule has 0 atom stereocenters. The van der Waals surface area contributed by atoms with Crippen LogP contribution in [0.3, 0.4) is 0 Å². The lowest BCUT2D eigenvalue weighted by Gasteiger charge is -2.01. The molecule has 2 aromatic rings. The molecule has 1 heterocycles.